The summed E-state index contributed by atoms with van der Waals surface area (Å²) in [7, 11) is 1.65. The summed E-state index contributed by atoms with van der Waals surface area (Å²) < 4.78 is 5.12. The quantitative estimate of drug-likeness (QED) is 0.876. The van der Waals surface area contributed by atoms with E-state index in [1.807, 2.05) is 48.5 Å². The number of hydrogen-bond donors (Lipinski definition) is 2. The van der Waals surface area contributed by atoms with Gasteiger partial charge in [0.05, 0.1) is 7.11 Å². The Labute approximate surface area is 118 Å². The highest BCUT2D eigenvalue weighted by atomic mass is 16.5. The van der Waals surface area contributed by atoms with Gasteiger partial charge in [-0.05, 0) is 35.9 Å². The van der Waals surface area contributed by atoms with Crippen LogP contribution in [0, 0.1) is 0 Å². The molecule has 0 saturated heterocycles. The first-order valence-corrected chi connectivity index (χ1v) is 6.42. The van der Waals surface area contributed by atoms with Gasteiger partial charge in [0.1, 0.15) is 5.75 Å². The van der Waals surface area contributed by atoms with E-state index in [1.165, 1.54) is 6.92 Å². The molecular formula is C16H18N2O2. The maximum Gasteiger partial charge on any atom is 0.221 e. The van der Waals surface area contributed by atoms with Gasteiger partial charge >= 0.3 is 0 Å². The van der Waals surface area contributed by atoms with E-state index < -0.39 is 0 Å². The Morgan fingerprint density at radius 3 is 2.45 bits per heavy atom. The van der Waals surface area contributed by atoms with Crippen molar-refractivity contribution in [1.29, 1.82) is 0 Å². The molecule has 2 rings (SSSR count). The van der Waals surface area contributed by atoms with Crippen molar-refractivity contribution in [2.75, 3.05) is 17.7 Å². The Balaban J connectivity index is 1.97. The zero-order chi connectivity index (χ0) is 14.4. The van der Waals surface area contributed by atoms with Gasteiger partial charge in [-0.2, -0.15) is 0 Å². The van der Waals surface area contributed by atoms with Gasteiger partial charge in [-0.3, -0.25) is 4.79 Å². The summed E-state index contributed by atoms with van der Waals surface area (Å²) in [5.74, 6) is 0.777. The number of nitrogens with one attached hydrogen (secondary N) is 2. The standard InChI is InChI=1S/C16H18N2O2/c1-12(19)18-15-5-3-4-14(10-15)17-11-13-6-8-16(20-2)9-7-13/h3-10,17H,11H2,1-2H3,(H,18,19). The molecule has 104 valence electrons. The van der Waals surface area contributed by atoms with Gasteiger partial charge in [0.15, 0.2) is 0 Å². The normalized spacial score (nSPS) is 9.90. The van der Waals surface area contributed by atoms with Crippen molar-refractivity contribution in [3.8, 4) is 5.75 Å². The highest BCUT2D eigenvalue weighted by Crippen LogP contribution is 2.17. The molecule has 2 aromatic rings. The van der Waals surface area contributed by atoms with Crippen LogP contribution in [0.25, 0.3) is 0 Å². The molecule has 2 aromatic carbocycles. The molecule has 0 fully saturated rings. The van der Waals surface area contributed by atoms with Crippen LogP contribution < -0.4 is 15.4 Å². The first-order chi connectivity index (χ1) is 9.67. The summed E-state index contributed by atoms with van der Waals surface area (Å²) in [5, 5.41) is 6.08. The van der Waals surface area contributed by atoms with E-state index in [0.29, 0.717) is 6.54 Å². The van der Waals surface area contributed by atoms with Gasteiger partial charge in [0, 0.05) is 24.8 Å². The van der Waals surface area contributed by atoms with Crippen LogP contribution in [-0.2, 0) is 11.3 Å². The number of carbonyl (C=O) groups is 1. The van der Waals surface area contributed by atoms with Crippen molar-refractivity contribution in [2.45, 2.75) is 13.5 Å². The van der Waals surface area contributed by atoms with Crippen LogP contribution >= 0.6 is 0 Å². The van der Waals surface area contributed by atoms with E-state index >= 15 is 0 Å². The Bertz CT molecular complexity index is 579. The van der Waals surface area contributed by atoms with Gasteiger partial charge < -0.3 is 15.4 Å². The van der Waals surface area contributed by atoms with Gasteiger partial charge in [0.25, 0.3) is 0 Å². The fraction of sp³-hybridized carbons (Fsp3) is 0.188. The Kier molecular flexibility index (Phi) is 4.60. The molecule has 0 unspecified atom stereocenters. The molecule has 1 amide bonds. The third kappa shape index (κ3) is 4.02. The van der Waals surface area contributed by atoms with Crippen molar-refractivity contribution in [1.82, 2.24) is 0 Å². The Hall–Kier alpha value is -2.49. The van der Waals surface area contributed by atoms with Crippen LogP contribution in [-0.4, -0.2) is 13.0 Å². The lowest BCUT2D eigenvalue weighted by atomic mass is 10.2. The zero-order valence-corrected chi connectivity index (χ0v) is 11.6. The van der Waals surface area contributed by atoms with Crippen molar-refractivity contribution in [3.05, 3.63) is 54.1 Å². The lowest BCUT2D eigenvalue weighted by Crippen LogP contribution is -2.06. The van der Waals surface area contributed by atoms with Crippen LogP contribution in [0.1, 0.15) is 12.5 Å². The molecule has 4 nitrogen and oxygen atoms in total. The van der Waals surface area contributed by atoms with Crippen molar-refractivity contribution < 1.29 is 9.53 Å². The molecule has 0 aliphatic rings. The van der Waals surface area contributed by atoms with Crippen molar-refractivity contribution >= 4 is 17.3 Å². The molecule has 4 heteroatoms. The average Bonchev–Trinajstić information content (AvgIpc) is 2.45. The topological polar surface area (TPSA) is 50.4 Å². The first kappa shape index (κ1) is 13.9. The Morgan fingerprint density at radius 2 is 1.80 bits per heavy atom. The second kappa shape index (κ2) is 6.61. The lowest BCUT2D eigenvalue weighted by molar-refractivity contribution is -0.114. The molecule has 0 heterocycles. The minimum atomic E-state index is -0.0719. The summed E-state index contributed by atoms with van der Waals surface area (Å²) >= 11 is 0. The molecule has 20 heavy (non-hydrogen) atoms. The van der Waals surface area contributed by atoms with E-state index in [0.717, 1.165) is 22.7 Å². The molecule has 0 aliphatic heterocycles. The smallest absolute Gasteiger partial charge is 0.221 e. The highest BCUT2D eigenvalue weighted by molar-refractivity contribution is 5.89. The van der Waals surface area contributed by atoms with Gasteiger partial charge in [-0.1, -0.05) is 18.2 Å². The molecular weight excluding hydrogens is 252 g/mol. The highest BCUT2D eigenvalue weighted by Gasteiger charge is 1.98. The number of benzene rings is 2. The maximum atomic E-state index is 11.0. The van der Waals surface area contributed by atoms with E-state index in [4.69, 9.17) is 4.74 Å². The number of hydrogen-bond acceptors (Lipinski definition) is 3. The lowest BCUT2D eigenvalue weighted by Gasteiger charge is -2.09. The molecule has 0 atom stereocenters. The summed E-state index contributed by atoms with van der Waals surface area (Å²) in [5.41, 5.74) is 2.92. The van der Waals surface area contributed by atoms with Gasteiger partial charge in [0.2, 0.25) is 5.91 Å². The third-order valence-electron chi connectivity index (χ3n) is 2.84. The number of rotatable bonds is 5. The van der Waals surface area contributed by atoms with Gasteiger partial charge in [-0.25, -0.2) is 0 Å². The van der Waals surface area contributed by atoms with E-state index in [2.05, 4.69) is 10.6 Å². The minimum Gasteiger partial charge on any atom is -0.497 e. The zero-order valence-electron chi connectivity index (χ0n) is 11.6. The number of amides is 1. The summed E-state index contributed by atoms with van der Waals surface area (Å²) in [6, 6.07) is 15.5. The Morgan fingerprint density at radius 1 is 1.10 bits per heavy atom. The van der Waals surface area contributed by atoms with Crippen LogP contribution in [0.15, 0.2) is 48.5 Å². The molecule has 0 aliphatic carbocycles. The van der Waals surface area contributed by atoms with Crippen LogP contribution in [0.4, 0.5) is 11.4 Å². The SMILES string of the molecule is COc1ccc(CNc2cccc(NC(C)=O)c2)cc1. The second-order valence-electron chi connectivity index (χ2n) is 4.46. The fourth-order valence-electron chi connectivity index (χ4n) is 1.86. The van der Waals surface area contributed by atoms with Crippen LogP contribution in [0.3, 0.4) is 0 Å². The van der Waals surface area contributed by atoms with Crippen molar-refractivity contribution in [3.63, 3.8) is 0 Å². The van der Waals surface area contributed by atoms with E-state index in [-0.39, 0.29) is 5.91 Å². The van der Waals surface area contributed by atoms with Crippen molar-refractivity contribution in [2.24, 2.45) is 0 Å². The van der Waals surface area contributed by atoms with Gasteiger partial charge in [-0.15, -0.1) is 0 Å². The van der Waals surface area contributed by atoms with E-state index in [9.17, 15) is 4.79 Å². The van der Waals surface area contributed by atoms with Crippen LogP contribution in [0.2, 0.25) is 0 Å². The predicted molar refractivity (Wildman–Crippen MR) is 81.1 cm³/mol. The molecule has 0 radical (unpaired) electrons. The average molecular weight is 270 g/mol. The number of methoxy groups -OCH3 is 1. The number of anilines is 2. The van der Waals surface area contributed by atoms with Crippen LogP contribution in [0.5, 0.6) is 5.75 Å². The monoisotopic (exact) mass is 270 g/mol. The molecule has 0 spiro atoms. The summed E-state index contributed by atoms with van der Waals surface area (Å²) in [6.07, 6.45) is 0. The predicted octanol–water partition coefficient (Wildman–Crippen LogP) is 3.27. The summed E-state index contributed by atoms with van der Waals surface area (Å²) in [6.45, 7) is 2.21. The molecule has 0 aromatic heterocycles. The first-order valence-electron chi connectivity index (χ1n) is 6.42. The minimum absolute atomic E-state index is 0.0719. The maximum absolute atomic E-state index is 11.0. The molecule has 2 N–H and O–H groups in total. The number of carbonyl (C=O) groups excluding carboxylic acids is 1. The number of ether oxygens (including phenoxy) is 1. The summed E-state index contributed by atoms with van der Waals surface area (Å²) in [4.78, 5) is 11.0. The largest absolute Gasteiger partial charge is 0.497 e. The van der Waals surface area contributed by atoms with E-state index in [1.54, 1.807) is 7.11 Å². The molecule has 0 saturated carbocycles. The second-order valence-corrected chi connectivity index (χ2v) is 4.46. The third-order valence-corrected chi connectivity index (χ3v) is 2.84. The molecule has 0 bridgehead atoms. The fourth-order valence-corrected chi connectivity index (χ4v) is 1.86.